The molecule has 0 fully saturated rings. The minimum absolute atomic E-state index is 0.324. The summed E-state index contributed by atoms with van der Waals surface area (Å²) in [6.45, 7) is 0. The van der Waals surface area contributed by atoms with Gasteiger partial charge in [-0.1, -0.05) is 36.4 Å². The Morgan fingerprint density at radius 1 is 1.00 bits per heavy atom. The van der Waals surface area contributed by atoms with Crippen molar-refractivity contribution < 1.29 is 0 Å². The van der Waals surface area contributed by atoms with Crippen LogP contribution < -0.4 is 0 Å². The highest BCUT2D eigenvalue weighted by molar-refractivity contribution is 7.80. The zero-order chi connectivity index (χ0) is 13.1. The molecule has 0 unspecified atom stereocenters. The minimum Gasteiger partial charge on any atom is -0.204 e. The van der Waals surface area contributed by atoms with Crippen molar-refractivity contribution in [3.63, 3.8) is 0 Å². The molecule has 1 aromatic heterocycles. The first-order valence-electron chi connectivity index (χ1n) is 5.78. The fourth-order valence-electron chi connectivity index (χ4n) is 1.76. The highest BCUT2D eigenvalue weighted by Gasteiger charge is 2.05. The number of aromatic nitrogens is 2. The maximum Gasteiger partial charge on any atom is 0.241 e. The zero-order valence-corrected chi connectivity index (χ0v) is 10.8. The molecule has 2 aromatic carbocycles. The van der Waals surface area contributed by atoms with E-state index in [1.54, 1.807) is 10.9 Å². The molecule has 19 heavy (non-hydrogen) atoms. The van der Waals surface area contributed by atoms with Gasteiger partial charge >= 0.3 is 0 Å². The summed E-state index contributed by atoms with van der Waals surface area (Å²) < 4.78 is 1.61. The Hall–Kier alpha value is -2.40. The summed E-state index contributed by atoms with van der Waals surface area (Å²) in [5, 5.41) is 13.7. The lowest BCUT2D eigenvalue weighted by molar-refractivity contribution is 0.959. The fourth-order valence-corrected chi connectivity index (χ4v) is 1.95. The van der Waals surface area contributed by atoms with Gasteiger partial charge in [0.1, 0.15) is 0 Å². The maximum absolute atomic E-state index is 5.24. The SMILES string of the molecule is S=C(N=Nc1ccccc1)n1ncc2ccccc21. The van der Waals surface area contributed by atoms with Crippen molar-refractivity contribution >= 4 is 33.9 Å². The van der Waals surface area contributed by atoms with E-state index in [-0.39, 0.29) is 0 Å². The summed E-state index contributed by atoms with van der Waals surface area (Å²) in [4.78, 5) is 0. The molecule has 0 aliphatic carbocycles. The van der Waals surface area contributed by atoms with Crippen molar-refractivity contribution in [1.82, 2.24) is 9.78 Å². The van der Waals surface area contributed by atoms with Gasteiger partial charge in [0.15, 0.2) is 0 Å². The number of hydrogen-bond donors (Lipinski definition) is 0. The number of nitrogens with zero attached hydrogens (tertiary/aromatic N) is 4. The van der Waals surface area contributed by atoms with Gasteiger partial charge in [-0.3, -0.25) is 0 Å². The third kappa shape index (κ3) is 2.41. The van der Waals surface area contributed by atoms with Crippen LogP contribution in [-0.2, 0) is 0 Å². The van der Waals surface area contributed by atoms with E-state index in [2.05, 4.69) is 15.3 Å². The van der Waals surface area contributed by atoms with Crippen molar-refractivity contribution in [2.45, 2.75) is 0 Å². The molecule has 1 heterocycles. The number of hydrogen-bond acceptors (Lipinski definition) is 3. The molecule has 0 saturated heterocycles. The van der Waals surface area contributed by atoms with Gasteiger partial charge in [-0.15, -0.1) is 10.2 Å². The molecule has 0 N–H and O–H groups in total. The van der Waals surface area contributed by atoms with Crippen molar-refractivity contribution in [3.05, 3.63) is 60.8 Å². The van der Waals surface area contributed by atoms with Crippen molar-refractivity contribution in [1.29, 1.82) is 0 Å². The van der Waals surface area contributed by atoms with Gasteiger partial charge in [-0.2, -0.15) is 5.10 Å². The predicted octanol–water partition coefficient (Wildman–Crippen LogP) is 3.95. The molecule has 0 aliphatic heterocycles. The van der Waals surface area contributed by atoms with Gasteiger partial charge < -0.3 is 0 Å². The van der Waals surface area contributed by atoms with E-state index in [0.717, 1.165) is 16.6 Å². The van der Waals surface area contributed by atoms with Crippen LogP contribution in [0.1, 0.15) is 0 Å². The van der Waals surface area contributed by atoms with E-state index >= 15 is 0 Å². The average molecular weight is 266 g/mol. The van der Waals surface area contributed by atoms with Crippen LogP contribution in [0, 0.1) is 0 Å². The van der Waals surface area contributed by atoms with Crippen molar-refractivity contribution in [2.75, 3.05) is 0 Å². The summed E-state index contributed by atoms with van der Waals surface area (Å²) in [6.07, 6.45) is 1.76. The highest BCUT2D eigenvalue weighted by atomic mass is 32.1. The Morgan fingerprint density at radius 3 is 2.58 bits per heavy atom. The maximum atomic E-state index is 5.24. The lowest BCUT2D eigenvalue weighted by Crippen LogP contribution is -2.06. The Kier molecular flexibility index (Phi) is 3.12. The molecule has 3 aromatic rings. The number of para-hydroxylation sites is 1. The fraction of sp³-hybridized carbons (Fsp3) is 0. The van der Waals surface area contributed by atoms with Crippen LogP contribution in [0.2, 0.25) is 0 Å². The van der Waals surface area contributed by atoms with Crippen LogP contribution in [0.4, 0.5) is 5.69 Å². The lowest BCUT2D eigenvalue weighted by Gasteiger charge is -1.98. The normalized spacial score (nSPS) is 11.2. The molecule has 0 spiro atoms. The first kappa shape index (κ1) is 11.7. The smallest absolute Gasteiger partial charge is 0.204 e. The summed E-state index contributed by atoms with van der Waals surface area (Å²) >= 11 is 5.24. The Bertz CT molecular complexity index is 746. The summed E-state index contributed by atoms with van der Waals surface area (Å²) in [5.74, 6) is 0. The van der Waals surface area contributed by atoms with Gasteiger partial charge in [0.2, 0.25) is 5.11 Å². The second kappa shape index (κ2) is 5.07. The molecule has 0 atom stereocenters. The molecule has 3 rings (SSSR count). The van der Waals surface area contributed by atoms with Crippen molar-refractivity contribution in [2.24, 2.45) is 10.2 Å². The molecule has 0 aliphatic rings. The highest BCUT2D eigenvalue weighted by Crippen LogP contribution is 2.14. The quantitative estimate of drug-likeness (QED) is 0.494. The molecule has 0 saturated carbocycles. The van der Waals surface area contributed by atoms with E-state index in [1.807, 2.05) is 54.6 Å². The molecular weight excluding hydrogens is 256 g/mol. The molecule has 92 valence electrons. The van der Waals surface area contributed by atoms with Crippen LogP contribution in [0.5, 0.6) is 0 Å². The number of thiocarbonyl (C=S) groups is 1. The van der Waals surface area contributed by atoms with E-state index in [4.69, 9.17) is 12.2 Å². The number of benzene rings is 2. The first-order valence-corrected chi connectivity index (χ1v) is 6.19. The average Bonchev–Trinajstić information content (AvgIpc) is 2.90. The monoisotopic (exact) mass is 266 g/mol. The predicted molar refractivity (Wildman–Crippen MR) is 78.7 cm³/mol. The second-order valence-electron chi connectivity index (χ2n) is 3.93. The second-order valence-corrected chi connectivity index (χ2v) is 4.30. The zero-order valence-electron chi connectivity index (χ0n) is 9.97. The standard InChI is InChI=1S/C14H10N4S/c19-14(17-16-12-7-2-1-3-8-12)18-13-9-5-4-6-11(13)10-15-18/h1-10H. The third-order valence-corrected chi connectivity index (χ3v) is 2.92. The topological polar surface area (TPSA) is 42.5 Å². The molecule has 4 nitrogen and oxygen atoms in total. The molecule has 0 amide bonds. The number of azo groups is 1. The van der Waals surface area contributed by atoms with Crippen LogP contribution in [0.15, 0.2) is 71.0 Å². The van der Waals surface area contributed by atoms with Gasteiger partial charge in [0.05, 0.1) is 17.4 Å². The molecule has 5 heteroatoms. The largest absolute Gasteiger partial charge is 0.241 e. The third-order valence-electron chi connectivity index (χ3n) is 2.67. The van der Waals surface area contributed by atoms with E-state index < -0.39 is 0 Å². The number of rotatable bonds is 1. The van der Waals surface area contributed by atoms with Gasteiger partial charge in [-0.05, 0) is 30.4 Å². The van der Waals surface area contributed by atoms with Crippen LogP contribution >= 0.6 is 12.2 Å². The van der Waals surface area contributed by atoms with Crippen LogP contribution in [0.25, 0.3) is 10.9 Å². The van der Waals surface area contributed by atoms with Gasteiger partial charge in [0, 0.05) is 5.39 Å². The molecule has 0 radical (unpaired) electrons. The lowest BCUT2D eigenvalue weighted by atomic mass is 10.3. The van der Waals surface area contributed by atoms with Gasteiger partial charge in [0.25, 0.3) is 0 Å². The molecule has 0 bridgehead atoms. The summed E-state index contributed by atoms with van der Waals surface area (Å²) in [5.41, 5.74) is 1.70. The summed E-state index contributed by atoms with van der Waals surface area (Å²) in [6, 6.07) is 17.3. The Balaban J connectivity index is 1.91. The van der Waals surface area contributed by atoms with Crippen LogP contribution in [-0.4, -0.2) is 14.9 Å². The van der Waals surface area contributed by atoms with Gasteiger partial charge in [-0.25, -0.2) is 4.68 Å². The Labute approximate surface area is 115 Å². The Morgan fingerprint density at radius 2 is 1.74 bits per heavy atom. The minimum atomic E-state index is 0.324. The van der Waals surface area contributed by atoms with Crippen LogP contribution in [0.3, 0.4) is 0 Å². The van der Waals surface area contributed by atoms with E-state index in [0.29, 0.717) is 5.11 Å². The first-order chi connectivity index (χ1) is 9.34. The molecular formula is C14H10N4S. The number of fused-ring (bicyclic) bond motifs is 1. The van der Waals surface area contributed by atoms with Crippen molar-refractivity contribution in [3.8, 4) is 0 Å². The van der Waals surface area contributed by atoms with E-state index in [9.17, 15) is 0 Å². The summed E-state index contributed by atoms with van der Waals surface area (Å²) in [7, 11) is 0. The van der Waals surface area contributed by atoms with E-state index in [1.165, 1.54) is 0 Å².